The smallest absolute Gasteiger partial charge is 0.266 e. The molecule has 0 heterocycles. The summed E-state index contributed by atoms with van der Waals surface area (Å²) in [6.07, 6.45) is 1.39. The maximum Gasteiger partial charge on any atom is 0.266 e. The van der Waals surface area contributed by atoms with Crippen LogP contribution < -0.4 is 10.1 Å². The Morgan fingerprint density at radius 2 is 1.48 bits per heavy atom. The first-order chi connectivity index (χ1) is 14.9. The molecule has 0 bridgehead atoms. The van der Waals surface area contributed by atoms with Gasteiger partial charge in [-0.2, -0.15) is 5.26 Å². The first kappa shape index (κ1) is 23.0. The number of carbonyl (C=O) groups is 1. The van der Waals surface area contributed by atoms with E-state index in [0.29, 0.717) is 27.0 Å². The third kappa shape index (κ3) is 6.40. The number of carbonyl (C=O) groups excluding carboxylic acids is 1. The molecule has 0 spiro atoms. The zero-order valence-electron chi connectivity index (χ0n) is 15.8. The molecule has 0 aliphatic carbocycles. The SMILES string of the molecule is N#C/C(=C/c1cc(Cl)c(OCc2ccc(Cl)cc2)c(Cl)c1)C(=O)Nc1ccc(Cl)cc1. The van der Waals surface area contributed by atoms with Crippen molar-refractivity contribution in [3.8, 4) is 11.8 Å². The third-order valence-electron chi connectivity index (χ3n) is 4.10. The highest BCUT2D eigenvalue weighted by atomic mass is 35.5. The molecule has 3 aromatic carbocycles. The summed E-state index contributed by atoms with van der Waals surface area (Å²) >= 11 is 24.4. The van der Waals surface area contributed by atoms with E-state index in [0.717, 1.165) is 5.56 Å². The van der Waals surface area contributed by atoms with E-state index in [1.165, 1.54) is 6.08 Å². The van der Waals surface area contributed by atoms with Crippen LogP contribution in [0.3, 0.4) is 0 Å². The van der Waals surface area contributed by atoms with Crippen molar-refractivity contribution in [3.63, 3.8) is 0 Å². The number of nitrogens with zero attached hydrogens (tertiary/aromatic N) is 1. The number of halogens is 4. The molecule has 0 aliphatic rings. The molecule has 0 atom stereocenters. The average Bonchev–Trinajstić information content (AvgIpc) is 2.74. The van der Waals surface area contributed by atoms with E-state index >= 15 is 0 Å². The van der Waals surface area contributed by atoms with E-state index in [-0.39, 0.29) is 22.2 Å². The summed E-state index contributed by atoms with van der Waals surface area (Å²) in [7, 11) is 0. The van der Waals surface area contributed by atoms with E-state index in [9.17, 15) is 10.1 Å². The van der Waals surface area contributed by atoms with Crippen molar-refractivity contribution < 1.29 is 9.53 Å². The molecule has 0 fully saturated rings. The Kier molecular flexibility index (Phi) is 7.84. The number of hydrogen-bond acceptors (Lipinski definition) is 3. The molecular formula is C23H14Cl4N2O2. The number of benzene rings is 3. The van der Waals surface area contributed by atoms with Crippen LogP contribution in [-0.2, 0) is 11.4 Å². The fourth-order valence-electron chi connectivity index (χ4n) is 2.58. The number of amides is 1. The van der Waals surface area contributed by atoms with Crippen LogP contribution in [0.15, 0.2) is 66.2 Å². The molecule has 8 heteroatoms. The molecule has 0 aliphatic heterocycles. The lowest BCUT2D eigenvalue weighted by molar-refractivity contribution is -0.112. The topological polar surface area (TPSA) is 62.1 Å². The minimum Gasteiger partial charge on any atom is -0.486 e. The van der Waals surface area contributed by atoms with Gasteiger partial charge in [-0.1, -0.05) is 58.5 Å². The Hall–Kier alpha value is -2.68. The highest BCUT2D eigenvalue weighted by Gasteiger charge is 2.13. The van der Waals surface area contributed by atoms with Crippen LogP contribution in [0, 0.1) is 11.3 Å². The molecule has 3 aromatic rings. The number of ether oxygens (including phenoxy) is 1. The zero-order chi connectivity index (χ0) is 22.4. The summed E-state index contributed by atoms with van der Waals surface area (Å²) < 4.78 is 5.73. The fourth-order valence-corrected chi connectivity index (χ4v) is 3.45. The van der Waals surface area contributed by atoms with E-state index in [2.05, 4.69) is 5.32 Å². The molecule has 0 unspecified atom stereocenters. The van der Waals surface area contributed by atoms with Crippen molar-refractivity contribution >= 4 is 64.1 Å². The monoisotopic (exact) mass is 490 g/mol. The first-order valence-corrected chi connectivity index (χ1v) is 10.4. The second-order valence-electron chi connectivity index (χ2n) is 6.36. The van der Waals surface area contributed by atoms with Gasteiger partial charge in [-0.05, 0) is 65.7 Å². The van der Waals surface area contributed by atoms with Crippen LogP contribution in [0.4, 0.5) is 5.69 Å². The number of rotatable bonds is 6. The predicted molar refractivity (Wildman–Crippen MR) is 126 cm³/mol. The standard InChI is InChI=1S/C23H14Cl4N2O2/c24-17-3-1-14(2-4-17)13-31-22-20(26)10-15(11-21(22)27)9-16(12-28)23(30)29-19-7-5-18(25)6-8-19/h1-11H,13H2,(H,29,30)/b16-9-. The van der Waals surface area contributed by atoms with Crippen molar-refractivity contribution in [2.45, 2.75) is 6.61 Å². The van der Waals surface area contributed by atoms with Gasteiger partial charge in [0, 0.05) is 15.7 Å². The maximum absolute atomic E-state index is 12.4. The minimum absolute atomic E-state index is 0.114. The third-order valence-corrected chi connectivity index (χ3v) is 5.16. The van der Waals surface area contributed by atoms with Crippen molar-refractivity contribution in [2.75, 3.05) is 5.32 Å². The highest BCUT2D eigenvalue weighted by Crippen LogP contribution is 2.35. The molecule has 0 saturated heterocycles. The van der Waals surface area contributed by atoms with Gasteiger partial charge in [-0.15, -0.1) is 0 Å². The molecule has 1 N–H and O–H groups in total. The summed E-state index contributed by atoms with van der Waals surface area (Å²) in [4.78, 5) is 12.4. The van der Waals surface area contributed by atoms with Crippen LogP contribution in [0.5, 0.6) is 5.75 Å². The van der Waals surface area contributed by atoms with Crippen molar-refractivity contribution in [1.82, 2.24) is 0 Å². The minimum atomic E-state index is -0.569. The lowest BCUT2D eigenvalue weighted by Crippen LogP contribution is -2.13. The molecule has 1 amide bonds. The molecule has 0 aromatic heterocycles. The van der Waals surface area contributed by atoms with Crippen molar-refractivity contribution in [2.24, 2.45) is 0 Å². The number of nitrogens with one attached hydrogen (secondary N) is 1. The number of hydrogen-bond donors (Lipinski definition) is 1. The predicted octanol–water partition coefficient (Wildman–Crippen LogP) is 7.42. The Labute approximate surface area is 199 Å². The Morgan fingerprint density at radius 3 is 2.03 bits per heavy atom. The van der Waals surface area contributed by atoms with E-state index in [1.807, 2.05) is 18.2 Å². The molecule has 0 saturated carbocycles. The van der Waals surface area contributed by atoms with Crippen LogP contribution in [-0.4, -0.2) is 5.91 Å². The van der Waals surface area contributed by atoms with E-state index in [1.54, 1.807) is 48.5 Å². The summed E-state index contributed by atoms with van der Waals surface area (Å²) in [5.74, 6) is -0.264. The lowest BCUT2D eigenvalue weighted by Gasteiger charge is -2.11. The first-order valence-electron chi connectivity index (χ1n) is 8.90. The molecule has 156 valence electrons. The zero-order valence-corrected chi connectivity index (χ0v) is 18.9. The fraction of sp³-hybridized carbons (Fsp3) is 0.0435. The maximum atomic E-state index is 12.4. The Bertz CT molecular complexity index is 1140. The normalized spacial score (nSPS) is 11.0. The molecular weight excluding hydrogens is 478 g/mol. The average molecular weight is 492 g/mol. The van der Waals surface area contributed by atoms with Crippen molar-refractivity contribution in [1.29, 1.82) is 5.26 Å². The highest BCUT2D eigenvalue weighted by molar-refractivity contribution is 6.37. The van der Waals surface area contributed by atoms with Crippen LogP contribution in [0.25, 0.3) is 6.08 Å². The Balaban J connectivity index is 1.76. The van der Waals surface area contributed by atoms with Gasteiger partial charge in [-0.3, -0.25) is 4.79 Å². The summed E-state index contributed by atoms with van der Waals surface area (Å²) in [5, 5.41) is 13.7. The Morgan fingerprint density at radius 1 is 0.935 bits per heavy atom. The largest absolute Gasteiger partial charge is 0.486 e. The van der Waals surface area contributed by atoms with Gasteiger partial charge in [-0.25, -0.2) is 0 Å². The summed E-state index contributed by atoms with van der Waals surface area (Å²) in [6, 6.07) is 18.7. The second-order valence-corrected chi connectivity index (χ2v) is 8.05. The van der Waals surface area contributed by atoms with Gasteiger partial charge in [0.2, 0.25) is 0 Å². The number of anilines is 1. The van der Waals surface area contributed by atoms with Gasteiger partial charge >= 0.3 is 0 Å². The lowest BCUT2D eigenvalue weighted by atomic mass is 10.1. The van der Waals surface area contributed by atoms with Crippen LogP contribution in [0.2, 0.25) is 20.1 Å². The molecule has 0 radical (unpaired) electrons. The summed E-state index contributed by atoms with van der Waals surface area (Å²) in [5.41, 5.74) is 1.78. The van der Waals surface area contributed by atoms with Gasteiger partial charge < -0.3 is 10.1 Å². The quantitative estimate of drug-likeness (QED) is 0.288. The van der Waals surface area contributed by atoms with E-state index in [4.69, 9.17) is 51.1 Å². The molecule has 31 heavy (non-hydrogen) atoms. The second kappa shape index (κ2) is 10.6. The van der Waals surface area contributed by atoms with Crippen molar-refractivity contribution in [3.05, 3.63) is 97.5 Å². The number of nitriles is 1. The van der Waals surface area contributed by atoms with Gasteiger partial charge in [0.1, 0.15) is 18.2 Å². The molecule has 3 rings (SSSR count). The van der Waals surface area contributed by atoms with Crippen LogP contribution in [0.1, 0.15) is 11.1 Å². The van der Waals surface area contributed by atoms with Crippen LogP contribution >= 0.6 is 46.4 Å². The van der Waals surface area contributed by atoms with Gasteiger partial charge in [0.15, 0.2) is 5.75 Å². The summed E-state index contributed by atoms with van der Waals surface area (Å²) in [6.45, 7) is 0.249. The van der Waals surface area contributed by atoms with E-state index < -0.39 is 5.91 Å². The molecule has 4 nitrogen and oxygen atoms in total. The van der Waals surface area contributed by atoms with Gasteiger partial charge in [0.25, 0.3) is 5.91 Å². The van der Waals surface area contributed by atoms with Gasteiger partial charge in [0.05, 0.1) is 10.0 Å².